The van der Waals surface area contributed by atoms with E-state index in [1.807, 2.05) is 17.5 Å². The predicted octanol–water partition coefficient (Wildman–Crippen LogP) is 2.65. The lowest BCUT2D eigenvalue weighted by Crippen LogP contribution is -2.42. The molecule has 2 aliphatic rings. The number of likely N-dealkylation sites (tertiary alicyclic amines) is 1. The molecule has 2 saturated heterocycles. The number of benzene rings is 1. The summed E-state index contributed by atoms with van der Waals surface area (Å²) in [5.74, 6) is -2.28. The average Bonchev–Trinajstić information content (AvgIpc) is 3.40. The highest BCUT2D eigenvalue weighted by molar-refractivity contribution is 7.10. The molecule has 0 radical (unpaired) electrons. The van der Waals surface area contributed by atoms with E-state index >= 15 is 0 Å². The summed E-state index contributed by atoms with van der Waals surface area (Å²) >= 11 is 1.39. The topological polar surface area (TPSA) is 79.3 Å². The molecule has 3 heterocycles. The van der Waals surface area contributed by atoms with Crippen molar-refractivity contribution in [2.75, 3.05) is 46.5 Å². The smallest absolute Gasteiger partial charge is 0.295 e. The van der Waals surface area contributed by atoms with Gasteiger partial charge in [-0.2, -0.15) is 0 Å². The van der Waals surface area contributed by atoms with Gasteiger partial charge in [0.05, 0.1) is 37.5 Å². The molecule has 9 heteroatoms. The van der Waals surface area contributed by atoms with Gasteiger partial charge in [-0.15, -0.1) is 11.3 Å². The minimum Gasteiger partial charge on any atom is -0.507 e. The number of aliphatic hydroxyl groups is 1. The molecule has 164 valence electrons. The fraction of sp³-hybridized carbons (Fsp3) is 0.364. The quantitative estimate of drug-likeness (QED) is 0.418. The Morgan fingerprint density at radius 3 is 2.71 bits per heavy atom. The number of morpholine rings is 1. The van der Waals surface area contributed by atoms with Crippen LogP contribution in [-0.2, 0) is 14.3 Å². The van der Waals surface area contributed by atoms with E-state index in [0.717, 1.165) is 24.0 Å². The fourth-order valence-electron chi connectivity index (χ4n) is 3.94. The summed E-state index contributed by atoms with van der Waals surface area (Å²) in [6.07, 6.45) is 0. The summed E-state index contributed by atoms with van der Waals surface area (Å²) in [5.41, 5.74) is -0.0198. The molecular formula is C22H23FN2O5S. The highest BCUT2D eigenvalue weighted by Gasteiger charge is 2.46. The number of Topliss-reactive ketones (excluding diaryl/α,β-unsaturated/α-hetero) is 1. The Hall–Kier alpha value is -2.75. The second-order valence-electron chi connectivity index (χ2n) is 7.31. The van der Waals surface area contributed by atoms with Crippen LogP contribution in [0.25, 0.3) is 5.76 Å². The highest BCUT2D eigenvalue weighted by atomic mass is 32.1. The SMILES string of the molecule is COc1ccc(F)cc1C(O)=C1C(=O)C(=O)N(CCN2CCOCC2)C1c1cccs1. The molecule has 1 aromatic carbocycles. The number of carbonyl (C=O) groups is 2. The van der Waals surface area contributed by atoms with E-state index in [-0.39, 0.29) is 16.9 Å². The van der Waals surface area contributed by atoms with Gasteiger partial charge in [0.1, 0.15) is 17.3 Å². The van der Waals surface area contributed by atoms with Crippen molar-refractivity contribution >= 4 is 28.8 Å². The number of halogens is 1. The Kier molecular flexibility index (Phi) is 6.35. The summed E-state index contributed by atoms with van der Waals surface area (Å²) in [6, 6.07) is 6.57. The summed E-state index contributed by atoms with van der Waals surface area (Å²) in [4.78, 5) is 30.3. The van der Waals surface area contributed by atoms with E-state index < -0.39 is 29.3 Å². The van der Waals surface area contributed by atoms with Gasteiger partial charge >= 0.3 is 0 Å². The maximum Gasteiger partial charge on any atom is 0.295 e. The van der Waals surface area contributed by atoms with Crippen molar-refractivity contribution < 1.29 is 28.6 Å². The van der Waals surface area contributed by atoms with Gasteiger partial charge in [0, 0.05) is 31.1 Å². The molecule has 1 atom stereocenters. The largest absolute Gasteiger partial charge is 0.507 e. The third-order valence-corrected chi connectivity index (χ3v) is 6.45. The van der Waals surface area contributed by atoms with E-state index in [2.05, 4.69) is 4.90 Å². The van der Waals surface area contributed by atoms with Crippen LogP contribution < -0.4 is 4.74 Å². The lowest BCUT2D eigenvalue weighted by molar-refractivity contribution is -0.140. The molecule has 2 fully saturated rings. The molecule has 1 unspecified atom stereocenters. The van der Waals surface area contributed by atoms with Gasteiger partial charge in [-0.1, -0.05) is 6.07 Å². The Morgan fingerprint density at radius 1 is 1.26 bits per heavy atom. The van der Waals surface area contributed by atoms with Crippen LogP contribution in [0.1, 0.15) is 16.5 Å². The molecule has 1 amide bonds. The number of hydrogen-bond acceptors (Lipinski definition) is 7. The Labute approximate surface area is 183 Å². The number of thiophene rings is 1. The lowest BCUT2D eigenvalue weighted by Gasteiger charge is -2.30. The third-order valence-electron chi connectivity index (χ3n) is 5.53. The van der Waals surface area contributed by atoms with Gasteiger partial charge in [-0.3, -0.25) is 14.5 Å². The van der Waals surface area contributed by atoms with Gasteiger partial charge in [-0.05, 0) is 29.6 Å². The number of aliphatic hydroxyl groups excluding tert-OH is 1. The molecule has 2 aliphatic heterocycles. The molecule has 1 N–H and O–H groups in total. The number of methoxy groups -OCH3 is 1. The summed E-state index contributed by atoms with van der Waals surface area (Å²) in [6.45, 7) is 3.69. The highest BCUT2D eigenvalue weighted by Crippen LogP contribution is 2.42. The van der Waals surface area contributed by atoms with Crippen molar-refractivity contribution in [1.82, 2.24) is 9.80 Å². The zero-order chi connectivity index (χ0) is 22.0. The Balaban J connectivity index is 1.74. The van der Waals surface area contributed by atoms with Crippen LogP contribution in [0, 0.1) is 5.82 Å². The number of amides is 1. The van der Waals surface area contributed by atoms with Crippen LogP contribution in [0.15, 0.2) is 41.3 Å². The first-order valence-electron chi connectivity index (χ1n) is 9.97. The maximum absolute atomic E-state index is 13.9. The van der Waals surface area contributed by atoms with E-state index in [1.165, 1.54) is 35.5 Å². The van der Waals surface area contributed by atoms with Crippen LogP contribution in [-0.4, -0.2) is 73.1 Å². The third kappa shape index (κ3) is 4.21. The minimum absolute atomic E-state index is 0.0373. The standard InChI is InChI=1S/C22H23FN2O5S/c1-29-16-5-4-14(23)13-15(16)20(26)18-19(17-3-2-12-31-17)25(22(28)21(18)27)7-6-24-8-10-30-11-9-24/h2-5,12-13,19,26H,6-11H2,1H3. The van der Waals surface area contributed by atoms with Gasteiger partial charge in [-0.25, -0.2) is 4.39 Å². The first kappa shape index (κ1) is 21.5. The molecular weight excluding hydrogens is 423 g/mol. The molecule has 7 nitrogen and oxygen atoms in total. The predicted molar refractivity (Wildman–Crippen MR) is 114 cm³/mol. The minimum atomic E-state index is -0.788. The van der Waals surface area contributed by atoms with Crippen molar-refractivity contribution in [3.8, 4) is 5.75 Å². The second-order valence-corrected chi connectivity index (χ2v) is 8.29. The molecule has 31 heavy (non-hydrogen) atoms. The van der Waals surface area contributed by atoms with Crippen molar-refractivity contribution in [1.29, 1.82) is 0 Å². The number of ketones is 1. The molecule has 2 aromatic rings. The van der Waals surface area contributed by atoms with E-state index in [0.29, 0.717) is 26.3 Å². The van der Waals surface area contributed by atoms with Crippen LogP contribution in [0.2, 0.25) is 0 Å². The van der Waals surface area contributed by atoms with Crippen LogP contribution in [0.3, 0.4) is 0 Å². The van der Waals surface area contributed by atoms with Crippen molar-refractivity contribution in [3.63, 3.8) is 0 Å². The average molecular weight is 447 g/mol. The summed E-state index contributed by atoms with van der Waals surface area (Å²) in [5, 5.41) is 12.9. The zero-order valence-electron chi connectivity index (χ0n) is 17.0. The Morgan fingerprint density at radius 2 is 2.03 bits per heavy atom. The number of carbonyl (C=O) groups excluding carboxylic acids is 2. The summed E-state index contributed by atoms with van der Waals surface area (Å²) < 4.78 is 24.5. The molecule has 0 bridgehead atoms. The first-order chi connectivity index (χ1) is 15.0. The van der Waals surface area contributed by atoms with E-state index in [1.54, 1.807) is 0 Å². The molecule has 0 spiro atoms. The molecule has 4 rings (SSSR count). The fourth-order valence-corrected chi connectivity index (χ4v) is 4.78. The van der Waals surface area contributed by atoms with Gasteiger partial charge in [0.2, 0.25) is 0 Å². The molecule has 0 saturated carbocycles. The normalized spacial score (nSPS) is 21.6. The maximum atomic E-state index is 13.9. The number of rotatable bonds is 6. The zero-order valence-corrected chi connectivity index (χ0v) is 17.9. The van der Waals surface area contributed by atoms with E-state index in [9.17, 15) is 19.1 Å². The van der Waals surface area contributed by atoms with Crippen LogP contribution in [0.5, 0.6) is 5.75 Å². The number of nitrogens with zero attached hydrogens (tertiary/aromatic N) is 2. The van der Waals surface area contributed by atoms with Gasteiger partial charge < -0.3 is 19.5 Å². The van der Waals surface area contributed by atoms with Gasteiger partial charge in [0.25, 0.3) is 11.7 Å². The van der Waals surface area contributed by atoms with Crippen molar-refractivity contribution in [2.24, 2.45) is 0 Å². The lowest BCUT2D eigenvalue weighted by atomic mass is 9.99. The van der Waals surface area contributed by atoms with E-state index in [4.69, 9.17) is 9.47 Å². The van der Waals surface area contributed by atoms with Crippen molar-refractivity contribution in [3.05, 3.63) is 57.5 Å². The number of ether oxygens (including phenoxy) is 2. The van der Waals surface area contributed by atoms with Gasteiger partial charge in [0.15, 0.2) is 0 Å². The van der Waals surface area contributed by atoms with Crippen LogP contribution in [0.4, 0.5) is 4.39 Å². The molecule has 1 aromatic heterocycles. The first-order valence-corrected chi connectivity index (χ1v) is 10.8. The summed E-state index contributed by atoms with van der Waals surface area (Å²) in [7, 11) is 1.39. The second kappa shape index (κ2) is 9.17. The molecule has 0 aliphatic carbocycles. The number of hydrogen-bond donors (Lipinski definition) is 1. The Bertz CT molecular complexity index is 1000. The van der Waals surface area contributed by atoms with Crippen LogP contribution >= 0.6 is 11.3 Å². The van der Waals surface area contributed by atoms with Crippen molar-refractivity contribution in [2.45, 2.75) is 6.04 Å². The monoisotopic (exact) mass is 446 g/mol.